The molecule has 37 heavy (non-hydrogen) atoms. The van der Waals surface area contributed by atoms with Crippen molar-refractivity contribution in [2.45, 2.75) is 97.4 Å². The van der Waals surface area contributed by atoms with Crippen molar-refractivity contribution in [1.29, 1.82) is 0 Å². The minimum absolute atomic E-state index is 0.0492. The van der Waals surface area contributed by atoms with Crippen molar-refractivity contribution in [2.75, 3.05) is 23.3 Å². The Balaban J connectivity index is 1.82. The average Bonchev–Trinajstić information content (AvgIpc) is 2.79. The van der Waals surface area contributed by atoms with Crippen LogP contribution in [0.2, 0.25) is 18.1 Å². The molecule has 0 radical (unpaired) electrons. The molecule has 7 nitrogen and oxygen atoms in total. The first-order valence-electron chi connectivity index (χ1n) is 13.0. The van der Waals surface area contributed by atoms with Gasteiger partial charge in [0.2, 0.25) is 0 Å². The summed E-state index contributed by atoms with van der Waals surface area (Å²) in [6.45, 7) is 18.2. The maximum absolute atomic E-state index is 14.0. The highest BCUT2D eigenvalue weighted by atomic mass is 28.4. The lowest BCUT2D eigenvalue weighted by Gasteiger charge is -2.36. The van der Waals surface area contributed by atoms with Gasteiger partial charge in [0.15, 0.2) is 31.5 Å². The first kappa shape index (κ1) is 29.3. The molecular formula is C27H42F2N4O3Si. The summed E-state index contributed by atoms with van der Waals surface area (Å²) in [5.74, 6) is 0.0536. The predicted molar refractivity (Wildman–Crippen MR) is 146 cm³/mol. The molecule has 1 aromatic heterocycles. The van der Waals surface area contributed by atoms with Crippen LogP contribution in [0.25, 0.3) is 0 Å². The number of halogens is 2. The molecule has 1 aliphatic rings. The average molecular weight is 537 g/mol. The summed E-state index contributed by atoms with van der Waals surface area (Å²) in [4.78, 5) is 11.9. The van der Waals surface area contributed by atoms with Gasteiger partial charge in [0, 0.05) is 38.0 Å². The second-order valence-electron chi connectivity index (χ2n) is 11.6. The number of aromatic nitrogens is 2. The predicted octanol–water partition coefficient (Wildman–Crippen LogP) is 6.20. The molecule has 0 amide bonds. The molecule has 0 aliphatic carbocycles. The Bertz CT molecular complexity index is 1070. The van der Waals surface area contributed by atoms with Gasteiger partial charge in [-0.25, -0.2) is 18.7 Å². The largest absolute Gasteiger partial charge is 0.487 e. The SMILES string of the molecule is CC(C)Nc1nc(CO[Si](C)(C)C(C)(C)C)c(C(C)O)nc1N1CCC(Oc2ccc(F)cc2F)CC1. The monoisotopic (exact) mass is 536 g/mol. The van der Waals surface area contributed by atoms with E-state index in [1.807, 2.05) is 13.8 Å². The summed E-state index contributed by atoms with van der Waals surface area (Å²) in [6.07, 6.45) is 0.276. The molecule has 206 valence electrons. The molecule has 3 rings (SSSR count). The van der Waals surface area contributed by atoms with E-state index in [2.05, 4.69) is 44.1 Å². The van der Waals surface area contributed by atoms with Crippen molar-refractivity contribution < 1.29 is 23.1 Å². The molecule has 1 aromatic carbocycles. The Morgan fingerprint density at radius 3 is 2.32 bits per heavy atom. The maximum atomic E-state index is 14.0. The summed E-state index contributed by atoms with van der Waals surface area (Å²) in [6, 6.07) is 3.48. The highest BCUT2D eigenvalue weighted by Crippen LogP contribution is 2.38. The van der Waals surface area contributed by atoms with Crippen LogP contribution in [-0.4, -0.2) is 48.6 Å². The van der Waals surface area contributed by atoms with Gasteiger partial charge in [0.05, 0.1) is 24.1 Å². The van der Waals surface area contributed by atoms with Crippen molar-refractivity contribution in [1.82, 2.24) is 9.97 Å². The second kappa shape index (κ2) is 11.6. The molecule has 10 heteroatoms. The van der Waals surface area contributed by atoms with Gasteiger partial charge < -0.3 is 24.5 Å². The number of nitrogens with zero attached hydrogens (tertiary/aromatic N) is 3. The van der Waals surface area contributed by atoms with Crippen LogP contribution in [0.3, 0.4) is 0 Å². The van der Waals surface area contributed by atoms with E-state index in [-0.39, 0.29) is 29.5 Å². The Morgan fingerprint density at radius 2 is 1.78 bits per heavy atom. The molecule has 2 N–H and O–H groups in total. The van der Waals surface area contributed by atoms with Crippen molar-refractivity contribution in [2.24, 2.45) is 0 Å². The van der Waals surface area contributed by atoms with Crippen LogP contribution in [-0.2, 0) is 11.0 Å². The van der Waals surface area contributed by atoms with E-state index in [0.29, 0.717) is 49.0 Å². The number of ether oxygens (including phenoxy) is 1. The molecule has 1 unspecified atom stereocenters. The van der Waals surface area contributed by atoms with Gasteiger partial charge in [0.25, 0.3) is 0 Å². The summed E-state index contributed by atoms with van der Waals surface area (Å²) >= 11 is 0. The topological polar surface area (TPSA) is 79.7 Å². The fourth-order valence-electron chi connectivity index (χ4n) is 3.91. The van der Waals surface area contributed by atoms with E-state index >= 15 is 0 Å². The van der Waals surface area contributed by atoms with E-state index < -0.39 is 26.1 Å². The maximum Gasteiger partial charge on any atom is 0.192 e. The van der Waals surface area contributed by atoms with Crippen molar-refractivity contribution >= 4 is 20.0 Å². The van der Waals surface area contributed by atoms with Crippen LogP contribution in [0.1, 0.15) is 71.9 Å². The third kappa shape index (κ3) is 7.39. The lowest BCUT2D eigenvalue weighted by Crippen LogP contribution is -2.41. The van der Waals surface area contributed by atoms with Crippen molar-refractivity contribution in [3.8, 4) is 5.75 Å². The number of rotatable bonds is 9. The summed E-state index contributed by atoms with van der Waals surface area (Å²) in [5, 5.41) is 14.0. The first-order chi connectivity index (χ1) is 17.2. The number of piperidine rings is 1. The van der Waals surface area contributed by atoms with E-state index in [0.717, 1.165) is 6.07 Å². The second-order valence-corrected chi connectivity index (χ2v) is 16.4. The highest BCUT2D eigenvalue weighted by Gasteiger charge is 2.37. The Morgan fingerprint density at radius 1 is 1.14 bits per heavy atom. The van der Waals surface area contributed by atoms with Crippen LogP contribution in [0.15, 0.2) is 18.2 Å². The summed E-state index contributed by atoms with van der Waals surface area (Å²) < 4.78 is 39.5. The molecular weight excluding hydrogens is 494 g/mol. The molecule has 0 spiro atoms. The number of hydrogen-bond donors (Lipinski definition) is 2. The minimum atomic E-state index is -2.03. The lowest BCUT2D eigenvalue weighted by atomic mass is 10.1. The lowest BCUT2D eigenvalue weighted by molar-refractivity contribution is 0.163. The first-order valence-corrected chi connectivity index (χ1v) is 15.9. The highest BCUT2D eigenvalue weighted by molar-refractivity contribution is 6.74. The van der Waals surface area contributed by atoms with Crippen molar-refractivity contribution in [3.63, 3.8) is 0 Å². The van der Waals surface area contributed by atoms with E-state index in [1.165, 1.54) is 12.1 Å². The number of anilines is 2. The fourth-order valence-corrected chi connectivity index (χ4v) is 4.84. The van der Waals surface area contributed by atoms with Gasteiger partial charge in [-0.05, 0) is 51.0 Å². The Hall–Kier alpha value is -2.30. The quantitative estimate of drug-likeness (QED) is 0.370. The number of aliphatic hydroxyl groups excluding tert-OH is 1. The van der Waals surface area contributed by atoms with Crippen LogP contribution >= 0.6 is 0 Å². The molecule has 2 heterocycles. The van der Waals surface area contributed by atoms with Crippen LogP contribution < -0.4 is 15.0 Å². The van der Waals surface area contributed by atoms with Crippen molar-refractivity contribution in [3.05, 3.63) is 41.2 Å². The number of benzene rings is 1. The van der Waals surface area contributed by atoms with Gasteiger partial charge in [-0.15, -0.1) is 0 Å². The fraction of sp³-hybridized carbons (Fsp3) is 0.630. The Labute approximate surface area is 220 Å². The number of hydrogen-bond acceptors (Lipinski definition) is 7. The van der Waals surface area contributed by atoms with Crippen LogP contribution in [0.4, 0.5) is 20.4 Å². The molecule has 0 bridgehead atoms. The molecule has 1 aliphatic heterocycles. The van der Waals surface area contributed by atoms with E-state index in [9.17, 15) is 13.9 Å². The molecule has 0 saturated carbocycles. The van der Waals surface area contributed by atoms with Gasteiger partial charge >= 0.3 is 0 Å². The van der Waals surface area contributed by atoms with Crippen LogP contribution in [0, 0.1) is 11.6 Å². The molecule has 1 atom stereocenters. The zero-order valence-corrected chi connectivity index (χ0v) is 24.4. The minimum Gasteiger partial charge on any atom is -0.487 e. The standard InChI is InChI=1S/C27H42F2N4O3Si/c1-17(2)30-25-26(32-24(18(3)34)22(31-25)16-35-37(7,8)27(4,5)6)33-13-11-20(12-14-33)36-23-10-9-19(28)15-21(23)29/h9-10,15,17-18,20,34H,11-14,16H2,1-8H3,(H,30,31). The third-order valence-corrected chi connectivity index (χ3v) is 11.6. The third-order valence-electron chi connectivity index (χ3n) is 7.11. The smallest absolute Gasteiger partial charge is 0.192 e. The van der Waals surface area contributed by atoms with Crippen LogP contribution in [0.5, 0.6) is 5.75 Å². The van der Waals surface area contributed by atoms with E-state index in [1.54, 1.807) is 6.92 Å². The van der Waals surface area contributed by atoms with Gasteiger partial charge in [0.1, 0.15) is 11.9 Å². The van der Waals surface area contributed by atoms with Gasteiger partial charge in [-0.3, -0.25) is 0 Å². The van der Waals surface area contributed by atoms with Gasteiger partial charge in [-0.2, -0.15) is 0 Å². The van der Waals surface area contributed by atoms with E-state index in [4.69, 9.17) is 19.1 Å². The Kier molecular flexibility index (Phi) is 9.18. The zero-order chi connectivity index (χ0) is 27.5. The molecule has 1 fully saturated rings. The van der Waals surface area contributed by atoms with Gasteiger partial charge in [-0.1, -0.05) is 20.8 Å². The molecule has 2 aromatic rings. The normalized spacial score (nSPS) is 16.3. The number of nitrogens with one attached hydrogen (secondary N) is 1. The number of aliphatic hydroxyl groups is 1. The summed E-state index contributed by atoms with van der Waals surface area (Å²) in [5.41, 5.74) is 1.14. The zero-order valence-electron chi connectivity index (χ0n) is 23.4. The summed E-state index contributed by atoms with van der Waals surface area (Å²) in [7, 11) is -2.03. The molecule has 1 saturated heterocycles.